The minimum absolute atomic E-state index is 0.325. The predicted molar refractivity (Wildman–Crippen MR) is 71.1 cm³/mol. The Labute approximate surface area is 104 Å². The molecular formula is C16H22O. The predicted octanol–water partition coefficient (Wildman–Crippen LogP) is 3.85. The van der Waals surface area contributed by atoms with E-state index in [9.17, 15) is 4.79 Å². The lowest BCUT2D eigenvalue weighted by Gasteiger charge is -2.09. The monoisotopic (exact) mass is 230 g/mol. The van der Waals surface area contributed by atoms with E-state index in [1.165, 1.54) is 23.1 Å². The molecule has 2 atom stereocenters. The highest BCUT2D eigenvalue weighted by atomic mass is 16.1. The van der Waals surface area contributed by atoms with E-state index in [0.29, 0.717) is 18.1 Å². The molecule has 0 radical (unpaired) electrons. The van der Waals surface area contributed by atoms with Gasteiger partial charge in [0.1, 0.15) is 5.78 Å². The van der Waals surface area contributed by atoms with Crippen molar-refractivity contribution in [1.82, 2.24) is 0 Å². The molecule has 0 spiro atoms. The zero-order chi connectivity index (χ0) is 12.4. The molecule has 17 heavy (non-hydrogen) atoms. The summed E-state index contributed by atoms with van der Waals surface area (Å²) >= 11 is 0. The Hall–Kier alpha value is -1.11. The molecule has 0 heterocycles. The van der Waals surface area contributed by atoms with Crippen LogP contribution >= 0.6 is 0 Å². The first-order valence-corrected chi connectivity index (χ1v) is 6.64. The quantitative estimate of drug-likeness (QED) is 0.770. The van der Waals surface area contributed by atoms with Gasteiger partial charge in [0.05, 0.1) is 0 Å². The maximum Gasteiger partial charge on any atom is 0.140 e. The van der Waals surface area contributed by atoms with Crippen LogP contribution in [-0.2, 0) is 11.2 Å². The van der Waals surface area contributed by atoms with Gasteiger partial charge in [-0.2, -0.15) is 0 Å². The molecule has 1 aromatic carbocycles. The van der Waals surface area contributed by atoms with Crippen LogP contribution in [0.1, 0.15) is 42.9 Å². The Morgan fingerprint density at radius 3 is 2.35 bits per heavy atom. The van der Waals surface area contributed by atoms with Gasteiger partial charge >= 0.3 is 0 Å². The second kappa shape index (κ2) is 5.03. The third-order valence-electron chi connectivity index (χ3n) is 3.81. The Morgan fingerprint density at radius 1 is 1.18 bits per heavy atom. The minimum atomic E-state index is 0.325. The van der Waals surface area contributed by atoms with E-state index < -0.39 is 0 Å². The summed E-state index contributed by atoms with van der Waals surface area (Å²) in [5.41, 5.74) is 3.70. The van der Waals surface area contributed by atoms with Gasteiger partial charge in [0.15, 0.2) is 0 Å². The fourth-order valence-electron chi connectivity index (χ4n) is 3.02. The van der Waals surface area contributed by atoms with Crippen LogP contribution < -0.4 is 0 Å². The molecule has 1 heteroatoms. The van der Waals surface area contributed by atoms with E-state index in [1.807, 2.05) is 0 Å². The summed E-state index contributed by atoms with van der Waals surface area (Å²) < 4.78 is 0. The second-order valence-electron chi connectivity index (χ2n) is 5.75. The molecule has 0 N–H and O–H groups in total. The van der Waals surface area contributed by atoms with Crippen LogP contribution in [-0.4, -0.2) is 5.78 Å². The lowest BCUT2D eigenvalue weighted by molar-refractivity contribution is -0.122. The zero-order valence-electron chi connectivity index (χ0n) is 11.1. The van der Waals surface area contributed by atoms with Crippen LogP contribution in [0.3, 0.4) is 0 Å². The molecule has 0 aromatic heterocycles. The molecule has 1 saturated carbocycles. The Morgan fingerprint density at radius 2 is 1.82 bits per heavy atom. The molecule has 1 aromatic rings. The van der Waals surface area contributed by atoms with Gasteiger partial charge in [-0.3, -0.25) is 4.79 Å². The minimum Gasteiger partial charge on any atom is -0.299 e. The van der Waals surface area contributed by atoms with Crippen LogP contribution in [0.25, 0.3) is 0 Å². The first kappa shape index (κ1) is 12.3. The van der Waals surface area contributed by atoms with Crippen molar-refractivity contribution in [3.05, 3.63) is 34.9 Å². The van der Waals surface area contributed by atoms with Gasteiger partial charge < -0.3 is 0 Å². The molecule has 2 unspecified atom stereocenters. The molecule has 1 nitrogen and oxygen atoms in total. The van der Waals surface area contributed by atoms with Gasteiger partial charge in [0.25, 0.3) is 0 Å². The fourth-order valence-corrected chi connectivity index (χ4v) is 3.02. The van der Waals surface area contributed by atoms with Crippen LogP contribution in [0, 0.1) is 25.7 Å². The van der Waals surface area contributed by atoms with Crippen molar-refractivity contribution in [1.29, 1.82) is 0 Å². The summed E-state index contributed by atoms with van der Waals surface area (Å²) in [6.07, 6.45) is 4.05. The van der Waals surface area contributed by atoms with Crippen molar-refractivity contribution >= 4 is 5.78 Å². The van der Waals surface area contributed by atoms with Gasteiger partial charge in [-0.15, -0.1) is 0 Å². The van der Waals surface area contributed by atoms with Crippen LogP contribution in [0.15, 0.2) is 18.2 Å². The molecule has 0 aliphatic heterocycles. The standard InChI is InChI=1S/C16H22O/c1-11-4-5-15(9-11)16(17)10-14-7-12(2)6-13(3)8-14/h6-8,11,15H,4-5,9-10H2,1-3H3. The van der Waals surface area contributed by atoms with E-state index >= 15 is 0 Å². The maximum absolute atomic E-state index is 12.2. The number of rotatable bonds is 3. The highest BCUT2D eigenvalue weighted by Crippen LogP contribution is 2.31. The molecule has 1 aliphatic carbocycles. The number of carbonyl (C=O) groups is 1. The summed E-state index contributed by atoms with van der Waals surface area (Å²) in [4.78, 5) is 12.2. The van der Waals surface area contributed by atoms with Crippen molar-refractivity contribution in [2.75, 3.05) is 0 Å². The van der Waals surface area contributed by atoms with E-state index in [4.69, 9.17) is 0 Å². The molecule has 1 fully saturated rings. The summed E-state index contributed by atoms with van der Waals surface area (Å²) in [5, 5.41) is 0. The van der Waals surface area contributed by atoms with Crippen LogP contribution in [0.4, 0.5) is 0 Å². The number of ketones is 1. The van der Waals surface area contributed by atoms with Crippen LogP contribution in [0.5, 0.6) is 0 Å². The van der Waals surface area contributed by atoms with E-state index in [2.05, 4.69) is 39.0 Å². The Bertz CT molecular complexity index is 399. The van der Waals surface area contributed by atoms with Gasteiger partial charge in [-0.25, -0.2) is 0 Å². The number of carbonyl (C=O) groups excluding carboxylic acids is 1. The largest absolute Gasteiger partial charge is 0.299 e. The molecule has 0 saturated heterocycles. The molecular weight excluding hydrogens is 208 g/mol. The number of hydrogen-bond donors (Lipinski definition) is 0. The van der Waals surface area contributed by atoms with Gasteiger partial charge in [0.2, 0.25) is 0 Å². The maximum atomic E-state index is 12.2. The van der Waals surface area contributed by atoms with Crippen molar-refractivity contribution < 1.29 is 4.79 Å². The summed E-state index contributed by atoms with van der Waals surface area (Å²) in [5.74, 6) is 1.51. The summed E-state index contributed by atoms with van der Waals surface area (Å²) in [6, 6.07) is 6.44. The molecule has 2 rings (SSSR count). The average Bonchev–Trinajstić information content (AvgIpc) is 2.63. The lowest BCUT2D eigenvalue weighted by Crippen LogP contribution is -2.14. The number of hydrogen-bond acceptors (Lipinski definition) is 1. The summed E-state index contributed by atoms with van der Waals surface area (Å²) in [6.45, 7) is 6.45. The van der Waals surface area contributed by atoms with E-state index in [0.717, 1.165) is 18.8 Å². The topological polar surface area (TPSA) is 17.1 Å². The Balaban J connectivity index is 2.03. The molecule has 92 valence electrons. The summed E-state index contributed by atoms with van der Waals surface area (Å²) in [7, 11) is 0. The highest BCUT2D eigenvalue weighted by Gasteiger charge is 2.26. The molecule has 0 amide bonds. The van der Waals surface area contributed by atoms with Crippen molar-refractivity contribution in [2.24, 2.45) is 11.8 Å². The lowest BCUT2D eigenvalue weighted by atomic mass is 9.94. The van der Waals surface area contributed by atoms with Crippen molar-refractivity contribution in [3.8, 4) is 0 Å². The van der Waals surface area contributed by atoms with Crippen molar-refractivity contribution in [2.45, 2.75) is 46.5 Å². The van der Waals surface area contributed by atoms with Crippen LogP contribution in [0.2, 0.25) is 0 Å². The fraction of sp³-hybridized carbons (Fsp3) is 0.562. The van der Waals surface area contributed by atoms with Gasteiger partial charge in [-0.1, -0.05) is 36.2 Å². The molecule has 1 aliphatic rings. The third-order valence-corrected chi connectivity index (χ3v) is 3.81. The van der Waals surface area contributed by atoms with E-state index in [-0.39, 0.29) is 0 Å². The molecule has 0 bridgehead atoms. The van der Waals surface area contributed by atoms with Gasteiger partial charge in [-0.05, 0) is 44.6 Å². The normalized spacial score (nSPS) is 23.9. The number of Topliss-reactive ketones (excluding diaryl/α,β-unsaturated/α-hetero) is 1. The second-order valence-corrected chi connectivity index (χ2v) is 5.75. The smallest absolute Gasteiger partial charge is 0.140 e. The third kappa shape index (κ3) is 3.18. The van der Waals surface area contributed by atoms with Crippen molar-refractivity contribution in [3.63, 3.8) is 0 Å². The highest BCUT2D eigenvalue weighted by molar-refractivity contribution is 5.83. The first-order chi connectivity index (χ1) is 8.04. The first-order valence-electron chi connectivity index (χ1n) is 6.64. The van der Waals surface area contributed by atoms with Gasteiger partial charge in [0, 0.05) is 12.3 Å². The van der Waals surface area contributed by atoms with E-state index in [1.54, 1.807) is 0 Å². The number of benzene rings is 1. The Kier molecular flexibility index (Phi) is 3.66. The zero-order valence-corrected chi connectivity index (χ0v) is 11.1. The average molecular weight is 230 g/mol. The number of aryl methyl sites for hydroxylation is 2. The SMILES string of the molecule is Cc1cc(C)cc(CC(=O)C2CCC(C)C2)c1.